The zero-order valence-electron chi connectivity index (χ0n) is 13.1. The Bertz CT molecular complexity index is 785. The zero-order valence-corrected chi connectivity index (χ0v) is 13.1. The van der Waals surface area contributed by atoms with Crippen molar-refractivity contribution >= 4 is 17.6 Å². The fraction of sp³-hybridized carbons (Fsp3) is 0.250. The molecule has 23 heavy (non-hydrogen) atoms. The van der Waals surface area contributed by atoms with E-state index in [2.05, 4.69) is 21.2 Å². The van der Waals surface area contributed by atoms with E-state index in [0.29, 0.717) is 16.9 Å². The van der Waals surface area contributed by atoms with E-state index in [1.54, 1.807) is 35.9 Å². The van der Waals surface area contributed by atoms with Gasteiger partial charge in [-0.3, -0.25) is 9.59 Å². The Kier molecular flexibility index (Phi) is 4.76. The lowest BCUT2D eigenvalue weighted by Gasteiger charge is -2.07. The number of hydrogen-bond donors (Lipinski definition) is 1. The summed E-state index contributed by atoms with van der Waals surface area (Å²) in [7, 11) is 0. The minimum absolute atomic E-state index is 0.337. The third-order valence-electron chi connectivity index (χ3n) is 3.20. The van der Waals surface area contributed by atoms with Crippen molar-refractivity contribution in [3.05, 3.63) is 41.2 Å². The van der Waals surface area contributed by atoms with Crippen molar-refractivity contribution in [2.75, 3.05) is 11.9 Å². The quantitative estimate of drug-likeness (QED) is 0.869. The van der Waals surface area contributed by atoms with E-state index < -0.39 is 11.9 Å². The molecule has 1 heterocycles. The van der Waals surface area contributed by atoms with Gasteiger partial charge in [0.1, 0.15) is 0 Å². The SMILES string of the molecule is CC(=O)OCC(=O)Nc1c(C)nn(-c2ccc(C#N)cc2)c1C. The van der Waals surface area contributed by atoms with Crippen LogP contribution in [0.5, 0.6) is 0 Å². The molecule has 2 rings (SSSR count). The first-order valence-corrected chi connectivity index (χ1v) is 6.92. The van der Waals surface area contributed by atoms with Crippen LogP contribution in [0.15, 0.2) is 24.3 Å². The average Bonchev–Trinajstić information content (AvgIpc) is 2.81. The molecule has 0 unspecified atom stereocenters. The largest absolute Gasteiger partial charge is 0.456 e. The Morgan fingerprint density at radius 1 is 1.30 bits per heavy atom. The highest BCUT2D eigenvalue weighted by Gasteiger charge is 2.15. The van der Waals surface area contributed by atoms with Crippen molar-refractivity contribution in [2.45, 2.75) is 20.8 Å². The molecule has 1 amide bonds. The normalized spacial score (nSPS) is 10.0. The molecular formula is C16H16N4O3. The van der Waals surface area contributed by atoms with Gasteiger partial charge in [0.25, 0.3) is 5.91 Å². The maximum Gasteiger partial charge on any atom is 0.303 e. The summed E-state index contributed by atoms with van der Waals surface area (Å²) in [5, 5.41) is 15.9. The molecule has 0 aliphatic rings. The van der Waals surface area contributed by atoms with Crippen LogP contribution in [0.1, 0.15) is 23.9 Å². The van der Waals surface area contributed by atoms with Gasteiger partial charge >= 0.3 is 5.97 Å². The van der Waals surface area contributed by atoms with Gasteiger partial charge in [0, 0.05) is 6.92 Å². The smallest absolute Gasteiger partial charge is 0.303 e. The van der Waals surface area contributed by atoms with E-state index >= 15 is 0 Å². The number of benzene rings is 1. The molecule has 0 saturated carbocycles. The van der Waals surface area contributed by atoms with Crippen molar-refractivity contribution in [1.29, 1.82) is 5.26 Å². The Morgan fingerprint density at radius 2 is 1.96 bits per heavy atom. The predicted octanol–water partition coefficient (Wildman–Crippen LogP) is 1.86. The number of amides is 1. The third-order valence-corrected chi connectivity index (χ3v) is 3.20. The molecule has 1 aromatic carbocycles. The number of aryl methyl sites for hydroxylation is 1. The summed E-state index contributed by atoms with van der Waals surface area (Å²) in [6.45, 7) is 4.50. The number of hydrogen-bond acceptors (Lipinski definition) is 5. The number of nitrogens with zero attached hydrogens (tertiary/aromatic N) is 3. The number of rotatable bonds is 4. The van der Waals surface area contributed by atoms with Crippen LogP contribution in [0.2, 0.25) is 0 Å². The Labute approximate surface area is 133 Å². The van der Waals surface area contributed by atoms with Crippen LogP contribution in [0, 0.1) is 25.2 Å². The van der Waals surface area contributed by atoms with E-state index in [9.17, 15) is 9.59 Å². The van der Waals surface area contributed by atoms with Gasteiger partial charge in [-0.1, -0.05) is 0 Å². The zero-order chi connectivity index (χ0) is 17.0. The van der Waals surface area contributed by atoms with Gasteiger partial charge in [0.2, 0.25) is 0 Å². The van der Waals surface area contributed by atoms with Crippen LogP contribution < -0.4 is 5.32 Å². The number of nitrogens with one attached hydrogen (secondary N) is 1. The van der Waals surface area contributed by atoms with E-state index in [4.69, 9.17) is 5.26 Å². The highest BCUT2D eigenvalue weighted by molar-refractivity contribution is 5.93. The first-order chi connectivity index (χ1) is 10.9. The average molecular weight is 312 g/mol. The maximum atomic E-state index is 11.8. The number of esters is 1. The van der Waals surface area contributed by atoms with E-state index in [1.807, 2.05) is 6.92 Å². The van der Waals surface area contributed by atoms with Gasteiger partial charge in [0.15, 0.2) is 6.61 Å². The van der Waals surface area contributed by atoms with Crippen LogP contribution in [-0.4, -0.2) is 28.3 Å². The molecular weight excluding hydrogens is 296 g/mol. The summed E-state index contributed by atoms with van der Waals surface area (Å²) in [5.41, 5.74) is 3.30. The number of anilines is 1. The maximum absolute atomic E-state index is 11.8. The fourth-order valence-electron chi connectivity index (χ4n) is 2.09. The Morgan fingerprint density at radius 3 is 2.52 bits per heavy atom. The van der Waals surface area contributed by atoms with Crippen molar-refractivity contribution in [3.8, 4) is 11.8 Å². The lowest BCUT2D eigenvalue weighted by Crippen LogP contribution is -2.20. The summed E-state index contributed by atoms with van der Waals surface area (Å²) in [6, 6.07) is 9.02. The van der Waals surface area contributed by atoms with Gasteiger partial charge in [0.05, 0.1) is 34.4 Å². The van der Waals surface area contributed by atoms with Crippen LogP contribution in [0.25, 0.3) is 5.69 Å². The van der Waals surface area contributed by atoms with Gasteiger partial charge in [-0.15, -0.1) is 0 Å². The molecule has 0 saturated heterocycles. The molecule has 0 aliphatic carbocycles. The van der Waals surface area contributed by atoms with Crippen molar-refractivity contribution in [2.24, 2.45) is 0 Å². The molecule has 2 aromatic rings. The summed E-state index contributed by atoms with van der Waals surface area (Å²) >= 11 is 0. The van der Waals surface area contributed by atoms with E-state index in [1.165, 1.54) is 6.92 Å². The minimum atomic E-state index is -0.512. The predicted molar refractivity (Wildman–Crippen MR) is 83.0 cm³/mol. The van der Waals surface area contributed by atoms with E-state index in [0.717, 1.165) is 11.4 Å². The summed E-state index contributed by atoms with van der Waals surface area (Å²) in [5.74, 6) is -0.937. The van der Waals surface area contributed by atoms with Gasteiger partial charge in [-0.25, -0.2) is 4.68 Å². The molecule has 7 nitrogen and oxygen atoms in total. The molecule has 118 valence electrons. The number of nitriles is 1. The lowest BCUT2D eigenvalue weighted by atomic mass is 10.2. The van der Waals surface area contributed by atoms with Crippen molar-refractivity contribution < 1.29 is 14.3 Å². The van der Waals surface area contributed by atoms with Crippen LogP contribution >= 0.6 is 0 Å². The highest BCUT2D eigenvalue weighted by Crippen LogP contribution is 2.23. The highest BCUT2D eigenvalue weighted by atomic mass is 16.5. The second kappa shape index (κ2) is 6.75. The molecule has 1 N–H and O–H groups in total. The van der Waals surface area contributed by atoms with Crippen molar-refractivity contribution in [3.63, 3.8) is 0 Å². The van der Waals surface area contributed by atoms with Crippen LogP contribution in [-0.2, 0) is 14.3 Å². The molecule has 0 spiro atoms. The minimum Gasteiger partial charge on any atom is -0.456 e. The second-order valence-electron chi connectivity index (χ2n) is 4.94. The Hall–Kier alpha value is -3.14. The first-order valence-electron chi connectivity index (χ1n) is 6.92. The van der Waals surface area contributed by atoms with Crippen LogP contribution in [0.3, 0.4) is 0 Å². The summed E-state index contributed by atoms with van der Waals surface area (Å²) < 4.78 is 6.34. The molecule has 7 heteroatoms. The summed E-state index contributed by atoms with van der Waals surface area (Å²) in [6.07, 6.45) is 0. The van der Waals surface area contributed by atoms with Crippen LogP contribution in [0.4, 0.5) is 5.69 Å². The molecule has 0 bridgehead atoms. The number of ether oxygens (including phenoxy) is 1. The second-order valence-corrected chi connectivity index (χ2v) is 4.94. The molecule has 0 radical (unpaired) electrons. The van der Waals surface area contributed by atoms with Gasteiger partial charge < -0.3 is 10.1 Å². The Balaban J connectivity index is 2.23. The molecule has 0 aliphatic heterocycles. The number of carbonyl (C=O) groups is 2. The lowest BCUT2D eigenvalue weighted by molar-refractivity contribution is -0.144. The fourth-order valence-corrected chi connectivity index (χ4v) is 2.09. The first kappa shape index (κ1) is 16.2. The summed E-state index contributed by atoms with van der Waals surface area (Å²) in [4.78, 5) is 22.5. The topological polar surface area (TPSA) is 97.0 Å². The number of aromatic nitrogens is 2. The molecule has 1 aromatic heterocycles. The molecule has 0 atom stereocenters. The molecule has 0 fully saturated rings. The van der Waals surface area contributed by atoms with Gasteiger partial charge in [-0.05, 0) is 38.1 Å². The number of carbonyl (C=O) groups excluding carboxylic acids is 2. The van der Waals surface area contributed by atoms with E-state index in [-0.39, 0.29) is 6.61 Å². The third kappa shape index (κ3) is 3.74. The van der Waals surface area contributed by atoms with Gasteiger partial charge in [-0.2, -0.15) is 10.4 Å². The standard InChI is InChI=1S/C16H16N4O3/c1-10-16(18-15(22)9-23-12(3)21)11(2)20(19-10)14-6-4-13(8-17)5-7-14/h4-7H,9H2,1-3H3,(H,18,22). The monoisotopic (exact) mass is 312 g/mol. The van der Waals surface area contributed by atoms with Crippen molar-refractivity contribution in [1.82, 2.24) is 9.78 Å².